The highest BCUT2D eigenvalue weighted by Gasteiger charge is 2.34. The number of carbonyl (C=O) groups excluding carboxylic acids is 2. The van der Waals surface area contributed by atoms with E-state index in [1.807, 2.05) is 6.92 Å². The summed E-state index contributed by atoms with van der Waals surface area (Å²) in [6.07, 6.45) is 0.969. The molecule has 0 spiro atoms. The number of hydrogen-bond acceptors (Lipinski definition) is 5. The van der Waals surface area contributed by atoms with Crippen LogP contribution in [0.25, 0.3) is 0 Å². The van der Waals surface area contributed by atoms with E-state index in [1.165, 1.54) is 42.3 Å². The van der Waals surface area contributed by atoms with Crippen LogP contribution in [0, 0.1) is 0 Å². The average Bonchev–Trinajstić information content (AvgIpc) is 2.96. The van der Waals surface area contributed by atoms with E-state index in [0.717, 1.165) is 4.31 Å². The minimum absolute atomic E-state index is 0.0202. The molecule has 0 unspecified atom stereocenters. The highest BCUT2D eigenvalue weighted by atomic mass is 35.5. The summed E-state index contributed by atoms with van der Waals surface area (Å²) in [5, 5.41) is 3.63. The standard InChI is InChI=1S/C29H32Cl3N3O5S/c1-4-16-33-29(37)26(5-2)34(18-22-23(30)12-9-13-24(22)31)28(36)19-35(20-14-15-27(40-3)25(32)17-20)41(38,39)21-10-7-6-8-11-21/h6-15,17,26H,4-5,16,18-19H2,1-3H3,(H,33,37)/t26-/m0/s1. The van der Waals surface area contributed by atoms with Crippen LogP contribution in [-0.4, -0.2) is 51.4 Å². The van der Waals surface area contributed by atoms with Crippen LogP contribution in [0.2, 0.25) is 15.1 Å². The number of nitrogens with one attached hydrogen (secondary N) is 1. The molecule has 0 saturated heterocycles. The molecule has 41 heavy (non-hydrogen) atoms. The van der Waals surface area contributed by atoms with Crippen molar-refractivity contribution in [1.29, 1.82) is 0 Å². The van der Waals surface area contributed by atoms with Gasteiger partial charge in [0.1, 0.15) is 18.3 Å². The Morgan fingerprint density at radius 3 is 2.15 bits per heavy atom. The molecular formula is C29H32Cl3N3O5S. The highest BCUT2D eigenvalue weighted by molar-refractivity contribution is 7.92. The van der Waals surface area contributed by atoms with Gasteiger partial charge in [0.15, 0.2) is 0 Å². The number of anilines is 1. The number of hydrogen-bond donors (Lipinski definition) is 1. The van der Waals surface area contributed by atoms with Crippen molar-refractivity contribution in [2.24, 2.45) is 0 Å². The minimum atomic E-state index is -4.24. The second-order valence-electron chi connectivity index (χ2n) is 9.08. The Kier molecular flexibility index (Phi) is 11.7. The maximum Gasteiger partial charge on any atom is 0.264 e. The van der Waals surface area contributed by atoms with Gasteiger partial charge >= 0.3 is 0 Å². The molecule has 220 valence electrons. The van der Waals surface area contributed by atoms with Crippen LogP contribution >= 0.6 is 34.8 Å². The van der Waals surface area contributed by atoms with Crippen molar-refractivity contribution in [3.8, 4) is 5.75 Å². The minimum Gasteiger partial charge on any atom is -0.495 e. The summed E-state index contributed by atoms with van der Waals surface area (Å²) in [4.78, 5) is 28.6. The fraction of sp³-hybridized carbons (Fsp3) is 0.310. The van der Waals surface area contributed by atoms with Crippen molar-refractivity contribution >= 4 is 62.3 Å². The van der Waals surface area contributed by atoms with Gasteiger partial charge in [0.25, 0.3) is 10.0 Å². The number of sulfonamides is 1. The molecule has 2 amide bonds. The maximum atomic E-state index is 14.1. The van der Waals surface area contributed by atoms with E-state index in [1.54, 1.807) is 43.3 Å². The van der Waals surface area contributed by atoms with Gasteiger partial charge in [0, 0.05) is 28.7 Å². The molecule has 0 radical (unpaired) electrons. The van der Waals surface area contributed by atoms with Gasteiger partial charge in [0.05, 0.1) is 22.7 Å². The molecule has 0 fully saturated rings. The number of ether oxygens (including phenoxy) is 1. The van der Waals surface area contributed by atoms with E-state index in [4.69, 9.17) is 39.5 Å². The fourth-order valence-electron chi connectivity index (χ4n) is 4.20. The molecule has 0 aliphatic rings. The Morgan fingerprint density at radius 2 is 1.59 bits per heavy atom. The number of halogens is 3. The SMILES string of the molecule is CCCNC(=O)[C@H](CC)N(Cc1c(Cl)cccc1Cl)C(=O)CN(c1ccc(OC)c(Cl)c1)S(=O)(=O)c1ccccc1. The monoisotopic (exact) mass is 639 g/mol. The lowest BCUT2D eigenvalue weighted by molar-refractivity contribution is -0.140. The summed E-state index contributed by atoms with van der Waals surface area (Å²) in [7, 11) is -2.80. The second kappa shape index (κ2) is 14.8. The summed E-state index contributed by atoms with van der Waals surface area (Å²) in [5.41, 5.74) is 0.586. The quantitative estimate of drug-likeness (QED) is 0.241. The van der Waals surface area contributed by atoms with E-state index < -0.39 is 28.5 Å². The van der Waals surface area contributed by atoms with Crippen molar-refractivity contribution in [3.63, 3.8) is 0 Å². The van der Waals surface area contributed by atoms with Gasteiger partial charge in [-0.1, -0.05) is 72.9 Å². The summed E-state index contributed by atoms with van der Waals surface area (Å²) >= 11 is 19.2. The molecule has 0 aliphatic carbocycles. The van der Waals surface area contributed by atoms with Crippen molar-refractivity contribution in [2.75, 3.05) is 24.5 Å². The smallest absolute Gasteiger partial charge is 0.264 e. The molecule has 3 rings (SSSR count). The first kappa shape index (κ1) is 32.5. The lowest BCUT2D eigenvalue weighted by Crippen LogP contribution is -2.52. The lowest BCUT2D eigenvalue weighted by atomic mass is 10.1. The largest absolute Gasteiger partial charge is 0.495 e. The predicted octanol–water partition coefficient (Wildman–Crippen LogP) is 6.18. The van der Waals surface area contributed by atoms with Gasteiger partial charge in [-0.2, -0.15) is 0 Å². The number of nitrogens with zero attached hydrogens (tertiary/aromatic N) is 2. The molecule has 3 aromatic rings. The molecular weight excluding hydrogens is 609 g/mol. The number of amides is 2. The topological polar surface area (TPSA) is 96.0 Å². The zero-order chi connectivity index (χ0) is 30.2. The molecule has 0 saturated carbocycles. The van der Waals surface area contributed by atoms with Gasteiger partial charge in [0.2, 0.25) is 11.8 Å². The third-order valence-corrected chi connectivity index (χ3v) is 9.15. The van der Waals surface area contributed by atoms with Gasteiger partial charge in [-0.05, 0) is 55.3 Å². The van der Waals surface area contributed by atoms with Gasteiger partial charge < -0.3 is 15.0 Å². The van der Waals surface area contributed by atoms with Crippen molar-refractivity contribution in [1.82, 2.24) is 10.2 Å². The second-order valence-corrected chi connectivity index (χ2v) is 12.2. The van der Waals surface area contributed by atoms with Crippen LogP contribution in [0.15, 0.2) is 71.6 Å². The van der Waals surface area contributed by atoms with Crippen molar-refractivity contribution in [3.05, 3.63) is 87.4 Å². The fourth-order valence-corrected chi connectivity index (χ4v) is 6.39. The normalized spacial score (nSPS) is 12.0. The zero-order valence-corrected chi connectivity index (χ0v) is 26.0. The van der Waals surface area contributed by atoms with Crippen LogP contribution in [0.3, 0.4) is 0 Å². The number of carbonyl (C=O) groups is 2. The van der Waals surface area contributed by atoms with Crippen LogP contribution in [0.5, 0.6) is 5.75 Å². The van der Waals surface area contributed by atoms with E-state index in [-0.39, 0.29) is 34.5 Å². The molecule has 0 aliphatic heterocycles. The Bertz CT molecular complexity index is 1450. The molecule has 3 aromatic carbocycles. The molecule has 0 aromatic heterocycles. The van der Waals surface area contributed by atoms with Gasteiger partial charge in [-0.25, -0.2) is 8.42 Å². The van der Waals surface area contributed by atoms with E-state index in [9.17, 15) is 18.0 Å². The van der Waals surface area contributed by atoms with Gasteiger partial charge in [-0.3, -0.25) is 13.9 Å². The Morgan fingerprint density at radius 1 is 0.927 bits per heavy atom. The average molecular weight is 641 g/mol. The van der Waals surface area contributed by atoms with Crippen LogP contribution in [0.1, 0.15) is 32.3 Å². The van der Waals surface area contributed by atoms with Crippen LogP contribution in [0.4, 0.5) is 5.69 Å². The Hall–Kier alpha value is -2.98. The van der Waals surface area contributed by atoms with E-state index >= 15 is 0 Å². The molecule has 1 N–H and O–H groups in total. The Balaban J connectivity index is 2.11. The molecule has 8 nitrogen and oxygen atoms in total. The lowest BCUT2D eigenvalue weighted by Gasteiger charge is -2.33. The van der Waals surface area contributed by atoms with E-state index in [2.05, 4.69) is 5.32 Å². The zero-order valence-electron chi connectivity index (χ0n) is 22.9. The number of methoxy groups -OCH3 is 1. The van der Waals surface area contributed by atoms with E-state index in [0.29, 0.717) is 34.3 Å². The van der Waals surface area contributed by atoms with Crippen molar-refractivity contribution < 1.29 is 22.7 Å². The highest BCUT2D eigenvalue weighted by Crippen LogP contribution is 2.33. The van der Waals surface area contributed by atoms with Gasteiger partial charge in [-0.15, -0.1) is 0 Å². The first-order valence-electron chi connectivity index (χ1n) is 13.0. The summed E-state index contributed by atoms with van der Waals surface area (Å²) in [6, 6.07) is 16.2. The Labute approximate surface area is 256 Å². The first-order chi connectivity index (χ1) is 19.5. The summed E-state index contributed by atoms with van der Waals surface area (Å²) < 4.78 is 34.0. The summed E-state index contributed by atoms with van der Waals surface area (Å²) in [6.45, 7) is 3.37. The molecule has 12 heteroatoms. The number of benzene rings is 3. The van der Waals surface area contributed by atoms with Crippen LogP contribution < -0.4 is 14.4 Å². The first-order valence-corrected chi connectivity index (χ1v) is 15.5. The predicted molar refractivity (Wildman–Crippen MR) is 163 cm³/mol. The van der Waals surface area contributed by atoms with Crippen molar-refractivity contribution in [2.45, 2.75) is 44.2 Å². The molecule has 0 bridgehead atoms. The third kappa shape index (κ3) is 7.86. The maximum absolute atomic E-state index is 14.1. The third-order valence-electron chi connectivity index (χ3n) is 6.36. The molecule has 0 heterocycles. The number of rotatable bonds is 13. The molecule has 1 atom stereocenters. The summed E-state index contributed by atoms with van der Waals surface area (Å²) in [5.74, 6) is -0.658. The van der Waals surface area contributed by atoms with Crippen LogP contribution in [-0.2, 0) is 26.2 Å².